The van der Waals surface area contributed by atoms with E-state index in [1.54, 1.807) is 31.2 Å². The topological polar surface area (TPSA) is 136 Å². The minimum atomic E-state index is -2.72. The summed E-state index contributed by atoms with van der Waals surface area (Å²) in [4.78, 5) is 54.4. The number of carbonyl (C=O) groups excluding carboxylic acids is 3. The summed E-state index contributed by atoms with van der Waals surface area (Å²) in [6.45, 7) is 11.1. The highest BCUT2D eigenvalue weighted by Gasteiger charge is 2.36. The maximum atomic E-state index is 15.7. The first-order valence-electron chi connectivity index (χ1n) is 24.7. The Labute approximate surface area is 400 Å². The lowest BCUT2D eigenvalue weighted by molar-refractivity contribution is -0.129. The fourth-order valence-electron chi connectivity index (χ4n) is 11.6. The van der Waals surface area contributed by atoms with Gasteiger partial charge in [-0.05, 0) is 85.9 Å². The molecule has 364 valence electrons. The molecular formula is C51H61F2N11O5. The Morgan fingerprint density at radius 2 is 1.67 bits per heavy atom. The average Bonchev–Trinajstić information content (AvgIpc) is 4.00. The van der Waals surface area contributed by atoms with Crippen molar-refractivity contribution in [3.05, 3.63) is 77.4 Å². The molecule has 0 spiro atoms. The van der Waals surface area contributed by atoms with Gasteiger partial charge >= 0.3 is 6.03 Å². The SMILES string of the molecule is COc1cc(N2CCC(CN3CCN(c4cn5ccnc5cc4-c4cc5c(cc4C(F)F)N(c4nn(C6CCOCC6)c6c4CN(C(C)=O)CC6)CCC5)CC3)CC2)ccc1N1CCC(=O)NC1=O. The van der Waals surface area contributed by atoms with Gasteiger partial charge in [0.05, 0.1) is 31.1 Å². The number of methoxy groups -OCH3 is 1. The number of halogens is 2. The lowest BCUT2D eigenvalue weighted by Crippen LogP contribution is -2.49. The van der Waals surface area contributed by atoms with Gasteiger partial charge < -0.3 is 33.5 Å². The van der Waals surface area contributed by atoms with E-state index in [-0.39, 0.29) is 29.8 Å². The number of aryl methyl sites for hydroxylation is 1. The molecule has 2 aromatic carbocycles. The van der Waals surface area contributed by atoms with Crippen LogP contribution in [0.3, 0.4) is 0 Å². The Bertz CT molecular complexity index is 2750. The van der Waals surface area contributed by atoms with E-state index < -0.39 is 12.5 Å². The van der Waals surface area contributed by atoms with Crippen LogP contribution in [0.5, 0.6) is 5.75 Å². The van der Waals surface area contributed by atoms with Crippen molar-refractivity contribution < 1.29 is 32.6 Å². The molecule has 0 atom stereocenters. The molecule has 3 aromatic heterocycles. The Morgan fingerprint density at radius 3 is 2.42 bits per heavy atom. The summed E-state index contributed by atoms with van der Waals surface area (Å²) in [5.41, 5.74) is 8.57. The third-order valence-corrected chi connectivity index (χ3v) is 15.4. The summed E-state index contributed by atoms with van der Waals surface area (Å²) in [6, 6.07) is 11.4. The third kappa shape index (κ3) is 8.74. The zero-order chi connectivity index (χ0) is 47.3. The van der Waals surface area contributed by atoms with Crippen molar-refractivity contribution in [3.63, 3.8) is 0 Å². The van der Waals surface area contributed by atoms with Crippen molar-refractivity contribution in [2.45, 2.75) is 77.3 Å². The average molecular weight is 946 g/mol. The van der Waals surface area contributed by atoms with E-state index >= 15 is 8.78 Å². The number of ether oxygens (including phenoxy) is 2. The highest BCUT2D eigenvalue weighted by atomic mass is 19.3. The summed E-state index contributed by atoms with van der Waals surface area (Å²) >= 11 is 0. The van der Waals surface area contributed by atoms with Crippen molar-refractivity contribution in [2.24, 2.45) is 5.92 Å². The molecule has 69 heavy (non-hydrogen) atoms. The fraction of sp³-hybridized carbons (Fsp3) is 0.510. The second-order valence-corrected chi connectivity index (χ2v) is 19.4. The highest BCUT2D eigenvalue weighted by molar-refractivity contribution is 6.06. The van der Waals surface area contributed by atoms with Gasteiger partial charge in [-0.25, -0.2) is 18.6 Å². The molecule has 18 heteroatoms. The Kier molecular flexibility index (Phi) is 12.4. The van der Waals surface area contributed by atoms with Crippen molar-refractivity contribution in [1.29, 1.82) is 0 Å². The van der Waals surface area contributed by atoms with Gasteiger partial charge in [-0.3, -0.25) is 29.4 Å². The van der Waals surface area contributed by atoms with Crippen molar-refractivity contribution >= 4 is 52.1 Å². The molecule has 6 aliphatic heterocycles. The normalized spacial score (nSPS) is 19.9. The van der Waals surface area contributed by atoms with Crippen molar-refractivity contribution in [3.8, 4) is 16.9 Å². The first-order chi connectivity index (χ1) is 33.6. The van der Waals surface area contributed by atoms with Crippen LogP contribution >= 0.6 is 0 Å². The second-order valence-electron chi connectivity index (χ2n) is 19.4. The fourth-order valence-corrected chi connectivity index (χ4v) is 11.6. The van der Waals surface area contributed by atoms with Crippen LogP contribution in [0.2, 0.25) is 0 Å². The van der Waals surface area contributed by atoms with Crippen LogP contribution in [0.4, 0.5) is 42.1 Å². The smallest absolute Gasteiger partial charge is 0.328 e. The lowest BCUT2D eigenvalue weighted by Gasteiger charge is -2.40. The van der Waals surface area contributed by atoms with Crippen LogP contribution < -0.4 is 29.7 Å². The maximum absolute atomic E-state index is 15.7. The minimum Gasteiger partial charge on any atom is -0.494 e. The number of rotatable bonds is 10. The van der Waals surface area contributed by atoms with Crippen LogP contribution in [0.25, 0.3) is 16.8 Å². The van der Waals surface area contributed by atoms with Crippen LogP contribution in [0.15, 0.2) is 55.0 Å². The van der Waals surface area contributed by atoms with E-state index in [0.717, 1.165) is 130 Å². The number of amides is 4. The number of nitrogens with zero attached hydrogens (tertiary/aromatic N) is 10. The first kappa shape index (κ1) is 45.2. The number of aromatic nitrogens is 4. The zero-order valence-corrected chi connectivity index (χ0v) is 39.5. The number of urea groups is 1. The number of hydrogen-bond donors (Lipinski definition) is 1. The van der Waals surface area contributed by atoms with E-state index in [2.05, 4.69) is 40.8 Å². The number of nitrogens with one attached hydrogen (secondary N) is 1. The monoisotopic (exact) mass is 945 g/mol. The number of fused-ring (bicyclic) bond motifs is 3. The van der Waals surface area contributed by atoms with Gasteiger partial charge in [0.1, 0.15) is 11.4 Å². The molecule has 4 amide bonds. The standard InChI is InChI=1S/C51H61F2N11O5/c1-33(65)60-17-9-42-41(31-60)50(56-64(42)36-11-24-69-25-12-36)62-14-3-4-35-26-38(40(49(52)53)28-44(35)62)39-29-47-54-13-19-61(47)32-45(39)59-22-20-57(21-23-59)30-34-7-15-58(16-8-34)37-5-6-43(46(27-37)68-2)63-18-10-48(66)55-51(63)67/h5-6,13,19,26-29,32,34,36,49H,3-4,7-12,14-18,20-25,30-31H2,1-2H3,(H,55,66,67). The molecule has 0 aliphatic carbocycles. The van der Waals surface area contributed by atoms with Crippen LogP contribution in [0, 0.1) is 5.92 Å². The number of pyridine rings is 1. The van der Waals surface area contributed by atoms with Crippen molar-refractivity contribution in [1.82, 2.24) is 34.3 Å². The summed E-state index contributed by atoms with van der Waals surface area (Å²) in [7, 11) is 1.60. The molecule has 0 radical (unpaired) electrons. The number of anilines is 5. The van der Waals surface area contributed by atoms with E-state index in [9.17, 15) is 14.4 Å². The summed E-state index contributed by atoms with van der Waals surface area (Å²) in [5.74, 6) is 1.67. The van der Waals surface area contributed by atoms with Gasteiger partial charge in [-0.1, -0.05) is 0 Å². The molecular weight excluding hydrogens is 885 g/mol. The number of alkyl halides is 2. The number of imide groups is 1. The third-order valence-electron chi connectivity index (χ3n) is 15.4. The summed E-state index contributed by atoms with van der Waals surface area (Å²) in [5, 5.41) is 7.68. The summed E-state index contributed by atoms with van der Waals surface area (Å²) in [6.07, 6.45) is 9.38. The van der Waals surface area contributed by atoms with Gasteiger partial charge in [-0.2, -0.15) is 5.10 Å². The number of piperazine rings is 1. The molecule has 4 fully saturated rings. The Morgan fingerprint density at radius 1 is 0.855 bits per heavy atom. The molecule has 0 bridgehead atoms. The number of carbonyl (C=O) groups is 3. The zero-order valence-electron chi connectivity index (χ0n) is 39.5. The van der Waals surface area contributed by atoms with Crippen molar-refractivity contribution in [2.75, 3.05) is 105 Å². The predicted octanol–water partition coefficient (Wildman–Crippen LogP) is 6.97. The summed E-state index contributed by atoms with van der Waals surface area (Å²) < 4.78 is 46.9. The molecule has 0 saturated carbocycles. The van der Waals surface area contributed by atoms with E-state index in [0.29, 0.717) is 74.4 Å². The maximum Gasteiger partial charge on any atom is 0.328 e. The lowest BCUT2D eigenvalue weighted by atomic mass is 9.91. The molecule has 4 saturated heterocycles. The largest absolute Gasteiger partial charge is 0.494 e. The van der Waals surface area contributed by atoms with Gasteiger partial charge in [0.2, 0.25) is 11.8 Å². The van der Waals surface area contributed by atoms with Gasteiger partial charge in [0.15, 0.2) is 5.82 Å². The molecule has 9 heterocycles. The van der Waals surface area contributed by atoms with Gasteiger partial charge in [0.25, 0.3) is 6.43 Å². The van der Waals surface area contributed by atoms with Gasteiger partial charge in [0, 0.05) is 157 Å². The van der Waals surface area contributed by atoms with E-state index in [1.807, 2.05) is 45.8 Å². The van der Waals surface area contributed by atoms with E-state index in [1.165, 1.54) is 0 Å². The van der Waals surface area contributed by atoms with E-state index in [4.69, 9.17) is 14.6 Å². The first-order valence-corrected chi connectivity index (χ1v) is 24.7. The van der Waals surface area contributed by atoms with Gasteiger partial charge in [-0.15, -0.1) is 0 Å². The Balaban J connectivity index is 0.808. The molecule has 11 rings (SSSR count). The predicted molar refractivity (Wildman–Crippen MR) is 259 cm³/mol. The number of hydrogen-bond acceptors (Lipinski definition) is 11. The highest BCUT2D eigenvalue weighted by Crippen LogP contribution is 2.46. The Hall–Kier alpha value is -6.27. The minimum absolute atomic E-state index is 0.00708. The molecule has 0 unspecified atom stereocenters. The van der Waals surface area contributed by atoms with Crippen LogP contribution in [-0.2, 0) is 33.7 Å². The quantitative estimate of drug-likeness (QED) is 0.156. The number of piperidine rings is 1. The molecule has 16 nitrogen and oxygen atoms in total. The van der Waals surface area contributed by atoms with Crippen LogP contribution in [0.1, 0.15) is 80.3 Å². The number of imidazole rings is 1. The molecule has 1 N–H and O–H groups in total. The molecule has 6 aliphatic rings. The molecule has 5 aromatic rings. The number of benzene rings is 2. The second kappa shape index (κ2) is 18.9. The van der Waals surface area contributed by atoms with Crippen LogP contribution in [-0.4, -0.2) is 133 Å².